The number of carbonyl (C=O) groups excluding carboxylic acids is 1. The summed E-state index contributed by atoms with van der Waals surface area (Å²) in [7, 11) is 0. The van der Waals surface area contributed by atoms with E-state index in [1.54, 1.807) is 0 Å². The zero-order valence-electron chi connectivity index (χ0n) is 16.2. The van der Waals surface area contributed by atoms with Crippen molar-refractivity contribution in [2.75, 3.05) is 26.3 Å². The van der Waals surface area contributed by atoms with Crippen LogP contribution in [-0.4, -0.2) is 37.1 Å². The fraction of sp³-hybridized carbons (Fsp3) is 0.318. The van der Waals surface area contributed by atoms with Crippen LogP contribution in [0.2, 0.25) is 5.02 Å². The van der Waals surface area contributed by atoms with Crippen molar-refractivity contribution < 1.29 is 22.7 Å². The Balaban J connectivity index is 1.55. The molecule has 1 N–H and O–H groups in total. The predicted octanol–water partition coefficient (Wildman–Crippen LogP) is 4.52. The molecule has 0 atom stereocenters. The molecular formula is C22H22ClF3N2O2. The quantitative estimate of drug-likeness (QED) is 0.674. The number of hydrogen-bond acceptors (Lipinski definition) is 3. The number of rotatable bonds is 6. The Hall–Kier alpha value is -2.35. The lowest BCUT2D eigenvalue weighted by Crippen LogP contribution is -2.35. The van der Waals surface area contributed by atoms with Crippen molar-refractivity contribution in [3.05, 3.63) is 75.8 Å². The van der Waals surface area contributed by atoms with E-state index >= 15 is 0 Å². The second-order valence-corrected chi connectivity index (χ2v) is 7.40. The summed E-state index contributed by atoms with van der Waals surface area (Å²) in [6.07, 6.45) is -2.01. The Kier molecular flexibility index (Phi) is 7.53. The third kappa shape index (κ3) is 6.58. The monoisotopic (exact) mass is 438 g/mol. The van der Waals surface area contributed by atoms with Gasteiger partial charge < -0.3 is 10.1 Å². The van der Waals surface area contributed by atoms with Crippen molar-refractivity contribution in [2.24, 2.45) is 0 Å². The summed E-state index contributed by atoms with van der Waals surface area (Å²) in [5.41, 5.74) is 1.42. The molecule has 1 heterocycles. The van der Waals surface area contributed by atoms with Gasteiger partial charge in [0.1, 0.15) is 0 Å². The van der Waals surface area contributed by atoms with Crippen molar-refractivity contribution in [1.82, 2.24) is 10.2 Å². The average Bonchev–Trinajstić information content (AvgIpc) is 2.72. The number of alkyl halides is 3. The highest BCUT2D eigenvalue weighted by Crippen LogP contribution is 2.35. The van der Waals surface area contributed by atoms with Crippen LogP contribution in [0.15, 0.2) is 48.5 Å². The summed E-state index contributed by atoms with van der Waals surface area (Å²) in [6.45, 7) is 4.41. The largest absolute Gasteiger partial charge is 0.417 e. The third-order valence-electron chi connectivity index (χ3n) is 4.69. The van der Waals surface area contributed by atoms with E-state index in [1.807, 2.05) is 24.3 Å². The number of morpholine rings is 1. The van der Waals surface area contributed by atoms with Crippen LogP contribution in [0.3, 0.4) is 0 Å². The maximum absolute atomic E-state index is 12.9. The lowest BCUT2D eigenvalue weighted by molar-refractivity contribution is -0.137. The molecule has 8 heteroatoms. The van der Waals surface area contributed by atoms with Gasteiger partial charge in [-0.3, -0.25) is 9.69 Å². The lowest BCUT2D eigenvalue weighted by Gasteiger charge is -2.26. The van der Waals surface area contributed by atoms with Gasteiger partial charge in [0.2, 0.25) is 5.91 Å². The van der Waals surface area contributed by atoms with Crippen molar-refractivity contribution in [3.8, 4) is 0 Å². The van der Waals surface area contributed by atoms with Gasteiger partial charge in [0.15, 0.2) is 0 Å². The Morgan fingerprint density at radius 2 is 1.87 bits per heavy atom. The molecule has 160 valence electrons. The van der Waals surface area contributed by atoms with Gasteiger partial charge in [-0.05, 0) is 34.9 Å². The molecule has 0 bridgehead atoms. The maximum Gasteiger partial charge on any atom is 0.417 e. The maximum atomic E-state index is 12.9. The molecule has 1 amide bonds. The zero-order valence-corrected chi connectivity index (χ0v) is 17.0. The molecule has 1 saturated heterocycles. The van der Waals surface area contributed by atoms with Gasteiger partial charge >= 0.3 is 6.18 Å². The fourth-order valence-electron chi connectivity index (χ4n) is 3.14. The molecule has 0 unspecified atom stereocenters. The highest BCUT2D eigenvalue weighted by atomic mass is 35.5. The van der Waals surface area contributed by atoms with E-state index in [1.165, 1.54) is 24.3 Å². The molecule has 3 rings (SSSR count). The van der Waals surface area contributed by atoms with Crippen LogP contribution in [0.25, 0.3) is 6.08 Å². The molecule has 0 radical (unpaired) electrons. The Bertz CT molecular complexity index is 909. The summed E-state index contributed by atoms with van der Waals surface area (Å²) < 4.78 is 44.1. The van der Waals surface area contributed by atoms with Crippen LogP contribution in [0, 0.1) is 0 Å². The first-order valence-electron chi connectivity index (χ1n) is 9.52. The van der Waals surface area contributed by atoms with E-state index in [0.717, 1.165) is 50.0 Å². The molecule has 4 nitrogen and oxygen atoms in total. The molecule has 2 aromatic rings. The minimum Gasteiger partial charge on any atom is -0.379 e. The summed E-state index contributed by atoms with van der Waals surface area (Å²) in [6, 6.07) is 11.5. The second kappa shape index (κ2) is 10.1. The molecule has 1 aliphatic heterocycles. The smallest absolute Gasteiger partial charge is 0.379 e. The minimum absolute atomic E-state index is 0.245. The summed E-state index contributed by atoms with van der Waals surface area (Å²) >= 11 is 5.60. The van der Waals surface area contributed by atoms with E-state index in [-0.39, 0.29) is 10.6 Å². The van der Waals surface area contributed by atoms with Gasteiger partial charge in [-0.2, -0.15) is 13.2 Å². The topological polar surface area (TPSA) is 41.6 Å². The first-order valence-corrected chi connectivity index (χ1v) is 9.89. The number of benzene rings is 2. The van der Waals surface area contributed by atoms with Crippen molar-refractivity contribution in [2.45, 2.75) is 19.3 Å². The van der Waals surface area contributed by atoms with Crippen molar-refractivity contribution in [1.29, 1.82) is 0 Å². The van der Waals surface area contributed by atoms with E-state index in [4.69, 9.17) is 16.3 Å². The molecule has 30 heavy (non-hydrogen) atoms. The van der Waals surface area contributed by atoms with E-state index < -0.39 is 17.6 Å². The Morgan fingerprint density at radius 1 is 1.13 bits per heavy atom. The molecule has 2 aromatic carbocycles. The Morgan fingerprint density at radius 3 is 2.60 bits per heavy atom. The van der Waals surface area contributed by atoms with Gasteiger partial charge in [-0.25, -0.2) is 0 Å². The van der Waals surface area contributed by atoms with E-state index in [2.05, 4.69) is 10.2 Å². The minimum atomic E-state index is -4.55. The predicted molar refractivity (Wildman–Crippen MR) is 110 cm³/mol. The van der Waals surface area contributed by atoms with E-state index in [0.29, 0.717) is 6.54 Å². The van der Waals surface area contributed by atoms with Gasteiger partial charge in [-0.15, -0.1) is 0 Å². The van der Waals surface area contributed by atoms with Crippen LogP contribution in [0.5, 0.6) is 0 Å². The summed E-state index contributed by atoms with van der Waals surface area (Å²) in [5.74, 6) is -0.392. The number of halogens is 4. The van der Waals surface area contributed by atoms with Gasteiger partial charge in [-0.1, -0.05) is 41.9 Å². The SMILES string of the molecule is O=C(C=Cc1ccc(Cl)c(C(F)(F)F)c1)NCc1cccc(CN2CCOCC2)c1. The van der Waals surface area contributed by atoms with Crippen LogP contribution in [-0.2, 0) is 28.8 Å². The normalized spacial score (nSPS) is 15.5. The van der Waals surface area contributed by atoms with E-state index in [9.17, 15) is 18.0 Å². The number of amides is 1. The molecule has 1 fully saturated rings. The van der Waals surface area contributed by atoms with Gasteiger partial charge in [0.25, 0.3) is 0 Å². The molecule has 1 aliphatic rings. The zero-order chi connectivity index (χ0) is 21.6. The van der Waals surface area contributed by atoms with Crippen LogP contribution >= 0.6 is 11.6 Å². The van der Waals surface area contributed by atoms with Crippen LogP contribution in [0.4, 0.5) is 13.2 Å². The number of nitrogens with zero attached hydrogens (tertiary/aromatic N) is 1. The first kappa shape index (κ1) is 22.3. The molecule has 0 aliphatic carbocycles. The number of ether oxygens (including phenoxy) is 1. The highest BCUT2D eigenvalue weighted by Gasteiger charge is 2.33. The van der Waals surface area contributed by atoms with Crippen LogP contribution in [0.1, 0.15) is 22.3 Å². The van der Waals surface area contributed by atoms with Gasteiger partial charge in [0.05, 0.1) is 23.8 Å². The summed E-state index contributed by atoms with van der Waals surface area (Å²) in [4.78, 5) is 14.4. The van der Waals surface area contributed by atoms with Crippen molar-refractivity contribution in [3.63, 3.8) is 0 Å². The number of nitrogens with one attached hydrogen (secondary N) is 1. The van der Waals surface area contributed by atoms with Crippen molar-refractivity contribution >= 4 is 23.6 Å². The Labute approximate surface area is 178 Å². The first-order chi connectivity index (χ1) is 14.3. The fourth-order valence-corrected chi connectivity index (χ4v) is 3.36. The third-order valence-corrected chi connectivity index (χ3v) is 5.02. The molecule has 0 saturated carbocycles. The molecule has 0 aromatic heterocycles. The highest BCUT2D eigenvalue weighted by molar-refractivity contribution is 6.31. The van der Waals surface area contributed by atoms with Crippen LogP contribution < -0.4 is 5.32 Å². The summed E-state index contributed by atoms with van der Waals surface area (Å²) in [5, 5.41) is 2.37. The number of hydrogen-bond donors (Lipinski definition) is 1. The molecule has 0 spiro atoms. The lowest BCUT2D eigenvalue weighted by atomic mass is 10.1. The molecular weight excluding hydrogens is 417 g/mol. The second-order valence-electron chi connectivity index (χ2n) is 7.00. The number of carbonyl (C=O) groups is 1. The standard InChI is InChI=1S/C22H22ClF3N2O2/c23-20-6-4-16(13-19(20)22(24,25)26)5-7-21(29)27-14-17-2-1-3-18(12-17)15-28-8-10-30-11-9-28/h1-7,12-13H,8-11,14-15H2,(H,27,29). The van der Waals surface area contributed by atoms with Gasteiger partial charge in [0, 0.05) is 32.3 Å². The average molecular weight is 439 g/mol.